The lowest BCUT2D eigenvalue weighted by atomic mass is 9.82. The predicted octanol–water partition coefficient (Wildman–Crippen LogP) is 2.36. The van der Waals surface area contributed by atoms with Gasteiger partial charge in [0, 0.05) is 23.1 Å². The van der Waals surface area contributed by atoms with Crippen LogP contribution in [0, 0.1) is 5.41 Å². The Kier molecular flexibility index (Phi) is 3.53. The average Bonchev–Trinajstić information content (AvgIpc) is 2.16. The molecule has 0 unspecified atom stereocenters. The first-order valence-corrected chi connectivity index (χ1v) is 4.97. The van der Waals surface area contributed by atoms with Gasteiger partial charge in [0.15, 0.2) is 0 Å². The molecule has 1 aromatic carbocycles. The van der Waals surface area contributed by atoms with E-state index in [1.165, 1.54) is 0 Å². The maximum absolute atomic E-state index is 9.18. The van der Waals surface area contributed by atoms with Crippen LogP contribution >= 0.6 is 11.6 Å². The standard InChI is InChI=1S/C11H16ClNO/c1-11(2,7-14)10(13)8-4-3-5-9(12)6-8/h3-6,10,14H,7,13H2,1-2H3/t10-/m1/s1. The molecule has 2 nitrogen and oxygen atoms in total. The number of halogens is 1. The van der Waals surface area contributed by atoms with E-state index in [2.05, 4.69) is 0 Å². The molecule has 78 valence electrons. The number of rotatable bonds is 3. The fraction of sp³-hybridized carbons (Fsp3) is 0.455. The lowest BCUT2D eigenvalue weighted by molar-refractivity contribution is 0.132. The number of nitrogens with two attached hydrogens (primary N) is 1. The van der Waals surface area contributed by atoms with Gasteiger partial charge in [-0.1, -0.05) is 37.6 Å². The second-order valence-electron chi connectivity index (χ2n) is 4.18. The molecular weight excluding hydrogens is 198 g/mol. The van der Waals surface area contributed by atoms with Crippen molar-refractivity contribution < 1.29 is 5.11 Å². The second-order valence-corrected chi connectivity index (χ2v) is 4.62. The van der Waals surface area contributed by atoms with Crippen molar-refractivity contribution in [1.29, 1.82) is 0 Å². The van der Waals surface area contributed by atoms with Crippen LogP contribution < -0.4 is 5.73 Å². The van der Waals surface area contributed by atoms with Gasteiger partial charge in [-0.2, -0.15) is 0 Å². The normalized spacial score (nSPS) is 14.1. The van der Waals surface area contributed by atoms with Crippen LogP contribution in [0.2, 0.25) is 5.02 Å². The third-order valence-electron chi connectivity index (χ3n) is 2.46. The first-order chi connectivity index (χ1) is 6.47. The smallest absolute Gasteiger partial charge is 0.0500 e. The van der Waals surface area contributed by atoms with Gasteiger partial charge in [-0.05, 0) is 17.7 Å². The molecule has 14 heavy (non-hydrogen) atoms. The highest BCUT2D eigenvalue weighted by atomic mass is 35.5. The van der Waals surface area contributed by atoms with Crippen LogP contribution in [0.4, 0.5) is 0 Å². The van der Waals surface area contributed by atoms with E-state index in [-0.39, 0.29) is 18.1 Å². The summed E-state index contributed by atoms with van der Waals surface area (Å²) < 4.78 is 0. The van der Waals surface area contributed by atoms with E-state index in [0.29, 0.717) is 5.02 Å². The van der Waals surface area contributed by atoms with Crippen molar-refractivity contribution in [2.45, 2.75) is 19.9 Å². The maximum atomic E-state index is 9.18. The van der Waals surface area contributed by atoms with Crippen molar-refractivity contribution in [3.8, 4) is 0 Å². The lowest BCUT2D eigenvalue weighted by Crippen LogP contribution is -2.32. The topological polar surface area (TPSA) is 46.2 Å². The van der Waals surface area contributed by atoms with E-state index in [0.717, 1.165) is 5.56 Å². The molecule has 0 heterocycles. The molecule has 0 spiro atoms. The second kappa shape index (κ2) is 4.30. The minimum absolute atomic E-state index is 0.0562. The van der Waals surface area contributed by atoms with E-state index in [9.17, 15) is 5.11 Å². The monoisotopic (exact) mass is 213 g/mol. The summed E-state index contributed by atoms with van der Waals surface area (Å²) in [6.45, 7) is 3.91. The van der Waals surface area contributed by atoms with E-state index < -0.39 is 0 Å². The highest BCUT2D eigenvalue weighted by molar-refractivity contribution is 6.30. The number of aliphatic hydroxyl groups is 1. The number of hydrogen-bond acceptors (Lipinski definition) is 2. The van der Waals surface area contributed by atoms with Gasteiger partial charge in [-0.25, -0.2) is 0 Å². The third kappa shape index (κ3) is 2.47. The van der Waals surface area contributed by atoms with Gasteiger partial charge >= 0.3 is 0 Å². The molecule has 0 radical (unpaired) electrons. The van der Waals surface area contributed by atoms with E-state index in [1.807, 2.05) is 38.1 Å². The Morgan fingerprint density at radius 1 is 1.50 bits per heavy atom. The molecular formula is C11H16ClNO. The van der Waals surface area contributed by atoms with Crippen molar-refractivity contribution in [2.75, 3.05) is 6.61 Å². The van der Waals surface area contributed by atoms with Crippen molar-refractivity contribution in [1.82, 2.24) is 0 Å². The van der Waals surface area contributed by atoms with Crippen molar-refractivity contribution in [2.24, 2.45) is 11.1 Å². The van der Waals surface area contributed by atoms with Crippen molar-refractivity contribution in [3.05, 3.63) is 34.9 Å². The van der Waals surface area contributed by atoms with Gasteiger partial charge in [-0.15, -0.1) is 0 Å². The van der Waals surface area contributed by atoms with Gasteiger partial charge in [-0.3, -0.25) is 0 Å². The van der Waals surface area contributed by atoms with E-state index >= 15 is 0 Å². The minimum atomic E-state index is -0.329. The fourth-order valence-corrected chi connectivity index (χ4v) is 1.45. The van der Waals surface area contributed by atoms with Crippen LogP contribution in [-0.2, 0) is 0 Å². The van der Waals surface area contributed by atoms with Crippen LogP contribution in [0.3, 0.4) is 0 Å². The highest BCUT2D eigenvalue weighted by Crippen LogP contribution is 2.31. The van der Waals surface area contributed by atoms with Crippen LogP contribution in [-0.4, -0.2) is 11.7 Å². The lowest BCUT2D eigenvalue weighted by Gasteiger charge is -2.29. The van der Waals surface area contributed by atoms with Gasteiger partial charge in [0.05, 0.1) is 0 Å². The zero-order chi connectivity index (χ0) is 10.8. The molecule has 3 heteroatoms. The van der Waals surface area contributed by atoms with Gasteiger partial charge < -0.3 is 10.8 Å². The molecule has 0 saturated carbocycles. The summed E-state index contributed by atoms with van der Waals surface area (Å²) in [7, 11) is 0. The first kappa shape index (κ1) is 11.5. The SMILES string of the molecule is CC(C)(CO)[C@H](N)c1cccc(Cl)c1. The quantitative estimate of drug-likeness (QED) is 0.810. The fourth-order valence-electron chi connectivity index (χ4n) is 1.25. The molecule has 3 N–H and O–H groups in total. The Balaban J connectivity index is 2.94. The number of benzene rings is 1. The summed E-state index contributed by atoms with van der Waals surface area (Å²) in [5.74, 6) is 0. The summed E-state index contributed by atoms with van der Waals surface area (Å²) in [4.78, 5) is 0. The Morgan fingerprint density at radius 3 is 2.64 bits per heavy atom. The largest absolute Gasteiger partial charge is 0.396 e. The molecule has 0 bridgehead atoms. The zero-order valence-electron chi connectivity index (χ0n) is 8.50. The molecule has 0 aliphatic rings. The Morgan fingerprint density at radius 2 is 2.14 bits per heavy atom. The van der Waals surface area contributed by atoms with Crippen LogP contribution in [0.25, 0.3) is 0 Å². The number of aliphatic hydroxyl groups excluding tert-OH is 1. The summed E-state index contributed by atoms with van der Waals surface area (Å²) in [6, 6.07) is 7.23. The van der Waals surface area contributed by atoms with Gasteiger partial charge in [0.2, 0.25) is 0 Å². The van der Waals surface area contributed by atoms with Crippen molar-refractivity contribution in [3.63, 3.8) is 0 Å². The predicted molar refractivity (Wildman–Crippen MR) is 59.2 cm³/mol. The summed E-state index contributed by atoms with van der Waals surface area (Å²) >= 11 is 5.86. The van der Waals surface area contributed by atoms with Crippen LogP contribution in [0.15, 0.2) is 24.3 Å². The first-order valence-electron chi connectivity index (χ1n) is 4.59. The maximum Gasteiger partial charge on any atom is 0.0500 e. The minimum Gasteiger partial charge on any atom is -0.396 e. The highest BCUT2D eigenvalue weighted by Gasteiger charge is 2.26. The van der Waals surface area contributed by atoms with Crippen LogP contribution in [0.5, 0.6) is 0 Å². The van der Waals surface area contributed by atoms with E-state index in [4.69, 9.17) is 17.3 Å². The molecule has 1 atom stereocenters. The number of hydrogen-bond donors (Lipinski definition) is 2. The molecule has 1 rings (SSSR count). The molecule has 1 aromatic rings. The molecule has 0 aliphatic heterocycles. The Bertz CT molecular complexity index is 312. The van der Waals surface area contributed by atoms with Gasteiger partial charge in [0.1, 0.15) is 0 Å². The third-order valence-corrected chi connectivity index (χ3v) is 2.69. The molecule has 0 saturated heterocycles. The van der Waals surface area contributed by atoms with Crippen molar-refractivity contribution >= 4 is 11.6 Å². The molecule has 0 aromatic heterocycles. The van der Waals surface area contributed by atoms with E-state index in [1.54, 1.807) is 0 Å². The summed E-state index contributed by atoms with van der Waals surface area (Å²) in [5, 5.41) is 9.85. The summed E-state index contributed by atoms with van der Waals surface area (Å²) in [5.41, 5.74) is 6.66. The zero-order valence-corrected chi connectivity index (χ0v) is 9.25. The molecule has 0 aliphatic carbocycles. The molecule has 0 amide bonds. The van der Waals surface area contributed by atoms with Gasteiger partial charge in [0.25, 0.3) is 0 Å². The Hall–Kier alpha value is -0.570. The van der Waals surface area contributed by atoms with Crippen LogP contribution in [0.1, 0.15) is 25.5 Å². The average molecular weight is 214 g/mol. The molecule has 0 fully saturated rings. The summed E-state index contributed by atoms with van der Waals surface area (Å²) in [6.07, 6.45) is 0. The Labute approximate surface area is 89.7 Å².